The first-order chi connectivity index (χ1) is 62.1. The molecule has 0 atom stereocenters. The summed E-state index contributed by atoms with van der Waals surface area (Å²) in [6.07, 6.45) is 0. The molecule has 0 radical (unpaired) electrons. The van der Waals surface area contributed by atoms with Crippen LogP contribution < -0.4 is 0 Å². The van der Waals surface area contributed by atoms with Gasteiger partial charge in [0.25, 0.3) is 0 Å². The molecule has 20 aromatic carbocycles. The van der Waals surface area contributed by atoms with Crippen molar-refractivity contribution in [3.63, 3.8) is 0 Å². The van der Waals surface area contributed by atoms with E-state index in [1.165, 1.54) is 153 Å². The lowest BCUT2D eigenvalue weighted by molar-refractivity contribution is 0.661. The van der Waals surface area contributed by atoms with Crippen molar-refractivity contribution in [1.29, 1.82) is 0 Å². The predicted octanol–water partition coefficient (Wildman–Crippen LogP) is 32.2. The Morgan fingerprint density at radius 3 is 1.16 bits per heavy atom. The molecule has 0 saturated carbocycles. The molecule has 0 spiro atoms. The van der Waals surface area contributed by atoms with Crippen LogP contribution in [0, 0.1) is 0 Å². The quantitative estimate of drug-likeness (QED) is 0.167. The number of aromatic nitrogens is 5. The molecule has 7 nitrogen and oxygen atoms in total. The van der Waals surface area contributed by atoms with Crippen molar-refractivity contribution in [2.75, 3.05) is 0 Å². The number of para-hydroxylation sites is 15. The minimum Gasteiger partial charge on any atom is -0.455 e. The van der Waals surface area contributed by atoms with E-state index in [4.69, 9.17) is 8.83 Å². The van der Waals surface area contributed by atoms with Crippen molar-refractivity contribution in [2.24, 2.45) is 0 Å². The highest BCUT2D eigenvalue weighted by atomic mass is 16.3. The number of fused-ring (bicyclic) bond motifs is 26. The Bertz CT molecular complexity index is 9160. The Hall–Kier alpha value is -16.7. The van der Waals surface area contributed by atoms with Crippen LogP contribution in [0.15, 0.2) is 464 Å². The Labute approximate surface area is 717 Å². The van der Waals surface area contributed by atoms with Gasteiger partial charge in [0.1, 0.15) is 11.2 Å². The smallest absolute Gasteiger partial charge is 0.151 e. The molecule has 27 rings (SSSR count). The summed E-state index contributed by atoms with van der Waals surface area (Å²) >= 11 is 0. The van der Waals surface area contributed by atoms with Gasteiger partial charge in [-0.3, -0.25) is 0 Å². The number of nitrogens with zero attached hydrogens (tertiary/aromatic N) is 5. The summed E-state index contributed by atoms with van der Waals surface area (Å²) in [5.41, 5.74) is 30.5. The van der Waals surface area contributed by atoms with Gasteiger partial charge in [0.05, 0.1) is 71.7 Å². The molecule has 0 unspecified atom stereocenters. The third kappa shape index (κ3) is 11.4. The number of hydrogen-bond donors (Lipinski definition) is 0. The fourth-order valence-corrected chi connectivity index (χ4v) is 20.1. The van der Waals surface area contributed by atoms with Gasteiger partial charge in [0.2, 0.25) is 0 Å². The summed E-state index contributed by atoms with van der Waals surface area (Å²) < 4.78 is 25.5. The van der Waals surface area contributed by atoms with Gasteiger partial charge in [-0.2, -0.15) is 0 Å². The average Bonchev–Trinajstić information content (AvgIpc) is 1.53. The molecule has 0 aliphatic rings. The monoisotopic (exact) mass is 1590 g/mol. The highest BCUT2D eigenvalue weighted by Crippen LogP contribution is 2.46. The van der Waals surface area contributed by atoms with Crippen molar-refractivity contribution >= 4 is 180 Å². The van der Waals surface area contributed by atoms with E-state index in [0.29, 0.717) is 0 Å². The first-order valence-corrected chi connectivity index (χ1v) is 42.8. The maximum absolute atomic E-state index is 6.87. The van der Waals surface area contributed by atoms with Gasteiger partial charge in [-0.25, -0.2) is 0 Å². The number of hydrogen-bond acceptors (Lipinski definition) is 2. The van der Waals surface area contributed by atoms with Gasteiger partial charge in [0.15, 0.2) is 11.2 Å². The molecule has 27 aromatic rings. The van der Waals surface area contributed by atoms with Gasteiger partial charge in [-0.15, -0.1) is 0 Å². The maximum atomic E-state index is 6.87. The second-order valence-corrected chi connectivity index (χ2v) is 32.5. The average molecular weight is 1590 g/mol. The van der Waals surface area contributed by atoms with E-state index in [1.807, 2.05) is 18.2 Å². The van der Waals surface area contributed by atoms with Gasteiger partial charge >= 0.3 is 0 Å². The standard InChI is InChI=1S/C46H29N3.2C36H23NO/c1-2-15-31(16-3-1)47-39-21-9-6-18-34(39)37-29-32(26-27-42(37)47)48-40-22-10-7-19-35(40)38-28-30-14-4-5-17-33(30)45-36-20-8-11-23-41(36)49(46(38)45)44-25-13-12-24-43(44)48;1-2-9-24(10-3-1)25-17-19-26(20-18-25)27-21-22-32-31(23-27)30-13-8-12-29-28-11-4-6-15-34(28)38-35-16-7-5-14-33(35)37(32)36(29)30;1-2-10-24(11-3-1)25-20-22-26(23-21-25)27-13-8-16-31-30-15-9-14-29-28-12-4-5-17-32(28)37(35(29)30)33-18-6-7-19-34(33)38-36(27)31/h1-29H;2*1-23H. The van der Waals surface area contributed by atoms with Crippen LogP contribution in [0.3, 0.4) is 0 Å². The zero-order valence-electron chi connectivity index (χ0n) is 67.9. The van der Waals surface area contributed by atoms with Crippen LogP contribution in [0.4, 0.5) is 0 Å². The summed E-state index contributed by atoms with van der Waals surface area (Å²) in [7, 11) is 0. The van der Waals surface area contributed by atoms with Crippen molar-refractivity contribution in [1.82, 2.24) is 22.3 Å². The molecule has 0 saturated heterocycles. The zero-order chi connectivity index (χ0) is 82.2. The Morgan fingerprint density at radius 1 is 0.160 bits per heavy atom. The van der Waals surface area contributed by atoms with Crippen LogP contribution in [0.1, 0.15) is 0 Å². The third-order valence-electron chi connectivity index (χ3n) is 25.6. The lowest BCUT2D eigenvalue weighted by Crippen LogP contribution is -2.01. The van der Waals surface area contributed by atoms with Crippen LogP contribution >= 0.6 is 0 Å². The first-order valence-electron chi connectivity index (χ1n) is 42.8. The third-order valence-corrected chi connectivity index (χ3v) is 25.6. The van der Waals surface area contributed by atoms with E-state index in [2.05, 4.69) is 459 Å². The topological polar surface area (TPSA) is 49.4 Å². The summed E-state index contributed by atoms with van der Waals surface area (Å²) in [4.78, 5) is 0. The van der Waals surface area contributed by atoms with Gasteiger partial charge in [0, 0.05) is 92.3 Å². The van der Waals surface area contributed by atoms with Gasteiger partial charge < -0.3 is 31.2 Å². The van der Waals surface area contributed by atoms with E-state index in [-0.39, 0.29) is 0 Å². The molecule has 125 heavy (non-hydrogen) atoms. The summed E-state index contributed by atoms with van der Waals surface area (Å²) in [6, 6.07) is 163. The zero-order valence-corrected chi connectivity index (χ0v) is 67.9. The van der Waals surface area contributed by atoms with Crippen LogP contribution in [-0.2, 0) is 0 Å². The fourth-order valence-electron chi connectivity index (χ4n) is 20.1. The summed E-state index contributed by atoms with van der Waals surface area (Å²) in [6.45, 7) is 0. The highest BCUT2D eigenvalue weighted by Gasteiger charge is 2.24. The van der Waals surface area contributed by atoms with E-state index in [1.54, 1.807) is 0 Å². The second kappa shape index (κ2) is 29.0. The van der Waals surface area contributed by atoms with Crippen LogP contribution in [0.25, 0.3) is 236 Å². The normalized spacial score (nSPS) is 11.8. The molecule has 7 heterocycles. The largest absolute Gasteiger partial charge is 0.455 e. The molecular weight excluding hydrogens is 1520 g/mol. The van der Waals surface area contributed by atoms with Crippen molar-refractivity contribution in [3.8, 4) is 55.9 Å². The highest BCUT2D eigenvalue weighted by molar-refractivity contribution is 6.30. The van der Waals surface area contributed by atoms with Crippen LogP contribution in [-0.4, -0.2) is 22.3 Å². The molecule has 0 bridgehead atoms. The van der Waals surface area contributed by atoms with E-state index < -0.39 is 0 Å². The van der Waals surface area contributed by atoms with Crippen LogP contribution in [0.5, 0.6) is 0 Å². The molecule has 0 aliphatic heterocycles. The predicted molar refractivity (Wildman–Crippen MR) is 526 cm³/mol. The van der Waals surface area contributed by atoms with E-state index in [9.17, 15) is 0 Å². The van der Waals surface area contributed by atoms with Gasteiger partial charge in [-0.05, 0) is 165 Å². The van der Waals surface area contributed by atoms with Crippen molar-refractivity contribution in [3.05, 3.63) is 455 Å². The second-order valence-electron chi connectivity index (χ2n) is 32.5. The molecule has 7 aromatic heterocycles. The molecule has 0 fully saturated rings. The number of rotatable bonds is 6. The fraction of sp³-hybridized carbons (Fsp3) is 0. The van der Waals surface area contributed by atoms with Crippen LogP contribution in [0.2, 0.25) is 0 Å². The minimum absolute atomic E-state index is 0.847. The lowest BCUT2D eigenvalue weighted by Gasteiger charge is -2.17. The van der Waals surface area contributed by atoms with Crippen molar-refractivity contribution in [2.45, 2.75) is 0 Å². The summed E-state index contributed by atoms with van der Waals surface area (Å²) in [5.74, 6) is 0. The maximum Gasteiger partial charge on any atom is 0.151 e. The molecule has 0 N–H and O–H groups in total. The molecule has 584 valence electrons. The lowest BCUT2D eigenvalue weighted by atomic mass is 9.98. The Balaban J connectivity index is 0.000000104. The molecular formula is C118H75N5O2. The first kappa shape index (κ1) is 71.2. The molecule has 0 aliphatic carbocycles. The number of benzene rings is 20. The SMILES string of the molecule is c1ccc(-c2ccc(-c3ccc4c(c3)c3cccc5c6ccccc6oc6ccccc6n4c53)cc2)cc1.c1ccc(-c2ccc(-c3cccc4c3oc3ccccc3n3c5ccccc5c5cccc4c53)cc2)cc1.c1ccc(-n2c3ccccc3c3cc(-n4c5ccccc5c5cc6ccccc6c6c7ccccc7n(c7ccccc74)c56)ccc32)cc1. The molecule has 0 amide bonds. The van der Waals surface area contributed by atoms with E-state index in [0.717, 1.165) is 83.2 Å². The van der Waals surface area contributed by atoms with E-state index >= 15 is 0 Å². The van der Waals surface area contributed by atoms with Crippen molar-refractivity contribution < 1.29 is 8.83 Å². The minimum atomic E-state index is 0.847. The summed E-state index contributed by atoms with van der Waals surface area (Å²) in [5, 5.41) is 19.5. The molecule has 7 heteroatoms. The Morgan fingerprint density at radius 2 is 0.528 bits per heavy atom. The van der Waals surface area contributed by atoms with Gasteiger partial charge in [-0.1, -0.05) is 340 Å². The Kier molecular flexibility index (Phi) is 16.5.